The fourth-order valence-corrected chi connectivity index (χ4v) is 2.68. The van der Waals surface area contributed by atoms with Crippen molar-refractivity contribution < 1.29 is 9.90 Å². The molecule has 1 aromatic rings. The number of nitrogens with zero attached hydrogens (tertiary/aromatic N) is 1. The molecule has 106 valence electrons. The summed E-state index contributed by atoms with van der Waals surface area (Å²) in [6.45, 7) is 1.79. The van der Waals surface area contributed by atoms with Crippen molar-refractivity contribution in [2.75, 3.05) is 13.1 Å². The summed E-state index contributed by atoms with van der Waals surface area (Å²) in [5.41, 5.74) is 0.894. The SMILES string of the molecule is Cl.O=C(O)C(c1ccccc1)N1CCCCCCC1. The highest BCUT2D eigenvalue weighted by molar-refractivity contribution is 5.85. The molecule has 0 aliphatic carbocycles. The third kappa shape index (κ3) is 4.51. The molecule has 1 aliphatic heterocycles. The van der Waals surface area contributed by atoms with Crippen LogP contribution in [0.3, 0.4) is 0 Å². The van der Waals surface area contributed by atoms with Gasteiger partial charge in [-0.15, -0.1) is 12.4 Å². The molecule has 1 unspecified atom stereocenters. The van der Waals surface area contributed by atoms with Gasteiger partial charge in [0.15, 0.2) is 0 Å². The lowest BCUT2D eigenvalue weighted by Gasteiger charge is -2.30. The topological polar surface area (TPSA) is 40.5 Å². The molecule has 4 heteroatoms. The Hall–Kier alpha value is -1.06. The van der Waals surface area contributed by atoms with E-state index in [1.54, 1.807) is 0 Å². The Morgan fingerprint density at radius 3 is 2.05 bits per heavy atom. The van der Waals surface area contributed by atoms with Crippen molar-refractivity contribution in [1.29, 1.82) is 0 Å². The normalized spacial score (nSPS) is 18.7. The fraction of sp³-hybridized carbons (Fsp3) is 0.533. The van der Waals surface area contributed by atoms with Gasteiger partial charge in [-0.25, -0.2) is 0 Å². The highest BCUT2D eigenvalue weighted by atomic mass is 35.5. The Balaban J connectivity index is 0.00000180. The first kappa shape index (κ1) is 16.0. The number of benzene rings is 1. The quantitative estimate of drug-likeness (QED) is 0.923. The van der Waals surface area contributed by atoms with Crippen LogP contribution < -0.4 is 0 Å². The first-order valence-electron chi connectivity index (χ1n) is 6.81. The number of carboxylic acids is 1. The van der Waals surface area contributed by atoms with Crippen molar-refractivity contribution in [2.45, 2.75) is 38.1 Å². The van der Waals surface area contributed by atoms with E-state index < -0.39 is 12.0 Å². The Morgan fingerprint density at radius 2 is 1.53 bits per heavy atom. The number of halogens is 1. The highest BCUT2D eigenvalue weighted by Crippen LogP contribution is 2.24. The van der Waals surface area contributed by atoms with Crippen LogP contribution in [-0.2, 0) is 4.79 Å². The second-order valence-corrected chi connectivity index (χ2v) is 4.96. The maximum absolute atomic E-state index is 11.6. The molecule has 1 aliphatic rings. The first-order valence-corrected chi connectivity index (χ1v) is 6.81. The van der Waals surface area contributed by atoms with E-state index in [9.17, 15) is 9.90 Å². The second-order valence-electron chi connectivity index (χ2n) is 4.96. The van der Waals surface area contributed by atoms with Crippen molar-refractivity contribution in [3.8, 4) is 0 Å². The standard InChI is InChI=1S/C15H21NO2.ClH/c17-15(18)14(13-9-5-4-6-10-13)16-11-7-2-1-3-8-12-16;/h4-6,9-10,14H,1-3,7-8,11-12H2,(H,17,18);1H. The Kier molecular flexibility index (Phi) is 6.89. The van der Waals surface area contributed by atoms with Crippen LogP contribution in [0.5, 0.6) is 0 Å². The molecule has 0 spiro atoms. The number of aliphatic carboxylic acids is 1. The lowest BCUT2D eigenvalue weighted by atomic mass is 10.0. The highest BCUT2D eigenvalue weighted by Gasteiger charge is 2.26. The average Bonchev–Trinajstić information content (AvgIpc) is 2.33. The van der Waals surface area contributed by atoms with Crippen LogP contribution in [0.15, 0.2) is 30.3 Å². The molecule has 0 radical (unpaired) electrons. The summed E-state index contributed by atoms with van der Waals surface area (Å²) in [6, 6.07) is 9.10. The van der Waals surface area contributed by atoms with Gasteiger partial charge in [-0.05, 0) is 31.5 Å². The summed E-state index contributed by atoms with van der Waals surface area (Å²) < 4.78 is 0. The number of hydrogen-bond donors (Lipinski definition) is 1. The Labute approximate surface area is 121 Å². The van der Waals surface area contributed by atoms with Crippen LogP contribution in [0.4, 0.5) is 0 Å². The molecule has 1 heterocycles. The van der Waals surface area contributed by atoms with Gasteiger partial charge in [0.1, 0.15) is 6.04 Å². The fourth-order valence-electron chi connectivity index (χ4n) is 2.68. The molecule has 0 aromatic heterocycles. The number of rotatable bonds is 3. The van der Waals surface area contributed by atoms with Crippen molar-refractivity contribution in [3.63, 3.8) is 0 Å². The van der Waals surface area contributed by atoms with Crippen molar-refractivity contribution >= 4 is 18.4 Å². The number of likely N-dealkylation sites (tertiary alicyclic amines) is 1. The molecule has 0 bridgehead atoms. The summed E-state index contributed by atoms with van der Waals surface area (Å²) in [7, 11) is 0. The lowest BCUT2D eigenvalue weighted by molar-refractivity contribution is -0.143. The zero-order valence-electron chi connectivity index (χ0n) is 11.1. The summed E-state index contributed by atoms with van der Waals surface area (Å²) >= 11 is 0. The Morgan fingerprint density at radius 1 is 1.00 bits per heavy atom. The number of carbonyl (C=O) groups is 1. The molecule has 0 amide bonds. The van der Waals surface area contributed by atoms with Crippen molar-refractivity contribution in [1.82, 2.24) is 4.90 Å². The minimum atomic E-state index is -0.734. The maximum Gasteiger partial charge on any atom is 0.325 e. The first-order chi connectivity index (χ1) is 8.79. The minimum Gasteiger partial charge on any atom is -0.480 e. The van der Waals surface area contributed by atoms with Gasteiger partial charge in [0.25, 0.3) is 0 Å². The van der Waals surface area contributed by atoms with Crippen molar-refractivity contribution in [2.24, 2.45) is 0 Å². The monoisotopic (exact) mass is 283 g/mol. The van der Waals surface area contributed by atoms with Gasteiger partial charge in [-0.3, -0.25) is 9.69 Å². The summed E-state index contributed by atoms with van der Waals surface area (Å²) in [6.07, 6.45) is 5.94. The molecule has 1 atom stereocenters. The zero-order chi connectivity index (χ0) is 12.8. The molecule has 2 rings (SSSR count). The van der Waals surface area contributed by atoms with E-state index in [0.29, 0.717) is 0 Å². The molecule has 3 nitrogen and oxygen atoms in total. The van der Waals surface area contributed by atoms with E-state index in [4.69, 9.17) is 0 Å². The van der Waals surface area contributed by atoms with Crippen LogP contribution in [0.25, 0.3) is 0 Å². The van der Waals surface area contributed by atoms with Crippen LogP contribution in [0.2, 0.25) is 0 Å². The van der Waals surface area contributed by atoms with E-state index >= 15 is 0 Å². The predicted molar refractivity (Wildman–Crippen MR) is 78.7 cm³/mol. The van der Waals surface area contributed by atoms with Gasteiger partial charge in [0.2, 0.25) is 0 Å². The van der Waals surface area contributed by atoms with Crippen LogP contribution >= 0.6 is 12.4 Å². The average molecular weight is 284 g/mol. The molecular weight excluding hydrogens is 262 g/mol. The van der Waals surface area contributed by atoms with E-state index in [1.165, 1.54) is 19.3 Å². The van der Waals surface area contributed by atoms with E-state index in [0.717, 1.165) is 31.5 Å². The molecule has 1 saturated heterocycles. The molecule has 0 saturated carbocycles. The molecule has 19 heavy (non-hydrogen) atoms. The van der Waals surface area contributed by atoms with Gasteiger partial charge >= 0.3 is 5.97 Å². The van der Waals surface area contributed by atoms with Crippen LogP contribution in [0, 0.1) is 0 Å². The smallest absolute Gasteiger partial charge is 0.325 e. The maximum atomic E-state index is 11.6. The number of carboxylic acid groups (broad SMARTS) is 1. The predicted octanol–water partition coefficient (Wildman–Crippen LogP) is 3.50. The van der Waals surface area contributed by atoms with Crippen LogP contribution in [0.1, 0.15) is 43.7 Å². The summed E-state index contributed by atoms with van der Waals surface area (Å²) in [4.78, 5) is 13.7. The van der Waals surface area contributed by atoms with E-state index in [1.807, 2.05) is 30.3 Å². The van der Waals surface area contributed by atoms with Gasteiger partial charge in [0, 0.05) is 0 Å². The third-order valence-corrected chi connectivity index (χ3v) is 3.61. The van der Waals surface area contributed by atoms with Gasteiger partial charge < -0.3 is 5.11 Å². The summed E-state index contributed by atoms with van der Waals surface area (Å²) in [5.74, 6) is -0.734. The minimum absolute atomic E-state index is 0. The third-order valence-electron chi connectivity index (χ3n) is 3.61. The Bertz CT molecular complexity index is 375. The number of hydrogen-bond acceptors (Lipinski definition) is 2. The van der Waals surface area contributed by atoms with Crippen molar-refractivity contribution in [3.05, 3.63) is 35.9 Å². The molecule has 1 aromatic carbocycles. The molecule has 1 N–H and O–H groups in total. The second kappa shape index (κ2) is 8.18. The molecule has 1 fully saturated rings. The van der Waals surface area contributed by atoms with Crippen LogP contribution in [-0.4, -0.2) is 29.1 Å². The van der Waals surface area contributed by atoms with E-state index in [2.05, 4.69) is 4.90 Å². The summed E-state index contributed by atoms with van der Waals surface area (Å²) in [5, 5.41) is 9.50. The van der Waals surface area contributed by atoms with Gasteiger partial charge in [0.05, 0.1) is 0 Å². The largest absolute Gasteiger partial charge is 0.480 e. The zero-order valence-corrected chi connectivity index (χ0v) is 11.9. The van der Waals surface area contributed by atoms with E-state index in [-0.39, 0.29) is 12.4 Å². The lowest BCUT2D eigenvalue weighted by Crippen LogP contribution is -2.36. The molecular formula is C15H22ClNO2. The van der Waals surface area contributed by atoms with Gasteiger partial charge in [-0.2, -0.15) is 0 Å². The van der Waals surface area contributed by atoms with Gasteiger partial charge in [-0.1, -0.05) is 49.6 Å².